The Morgan fingerprint density at radius 3 is 2.77 bits per heavy atom. The van der Waals surface area contributed by atoms with Crippen molar-refractivity contribution in [2.45, 2.75) is 13.0 Å². The monoisotopic (exact) mass is 181 g/mol. The van der Waals surface area contributed by atoms with Crippen LogP contribution in [0.25, 0.3) is 0 Å². The maximum absolute atomic E-state index is 13.0. The number of halogens is 1. The largest absolute Gasteiger partial charge is 0.368 e. The van der Waals surface area contributed by atoms with Crippen LogP contribution in [0.15, 0.2) is 18.2 Å². The average molecular weight is 181 g/mol. The quantitative estimate of drug-likeness (QED) is 0.712. The standard InChI is InChI=1S/C10H10FO2/c1-7-8(10(6-12)13-2)4-3-5-9(7)11/h3-5,10H,1-2H3. The second-order valence-electron chi connectivity index (χ2n) is 2.69. The van der Waals surface area contributed by atoms with Crippen molar-refractivity contribution in [2.24, 2.45) is 0 Å². The van der Waals surface area contributed by atoms with Crippen LogP contribution < -0.4 is 0 Å². The lowest BCUT2D eigenvalue weighted by molar-refractivity contribution is 0.153. The van der Waals surface area contributed by atoms with E-state index in [-0.39, 0.29) is 5.82 Å². The van der Waals surface area contributed by atoms with Crippen LogP contribution in [0.5, 0.6) is 0 Å². The fourth-order valence-electron chi connectivity index (χ4n) is 1.15. The SMILES string of the molecule is COC([C]=O)c1cccc(F)c1C. The smallest absolute Gasteiger partial charge is 0.234 e. The third kappa shape index (κ3) is 1.92. The molecule has 1 aromatic rings. The first-order valence-electron chi connectivity index (χ1n) is 3.86. The molecule has 0 bridgehead atoms. The van der Waals surface area contributed by atoms with Crippen molar-refractivity contribution in [1.82, 2.24) is 0 Å². The maximum atomic E-state index is 13.0. The molecule has 1 rings (SSSR count). The second kappa shape index (κ2) is 4.14. The van der Waals surface area contributed by atoms with E-state index >= 15 is 0 Å². The Morgan fingerprint density at radius 1 is 1.54 bits per heavy atom. The van der Waals surface area contributed by atoms with Crippen LogP contribution in [0.3, 0.4) is 0 Å². The minimum atomic E-state index is -0.796. The van der Waals surface area contributed by atoms with E-state index in [9.17, 15) is 9.18 Å². The van der Waals surface area contributed by atoms with E-state index in [1.54, 1.807) is 25.3 Å². The lowest BCUT2D eigenvalue weighted by Crippen LogP contribution is -2.05. The molecule has 0 saturated heterocycles. The molecule has 0 aliphatic carbocycles. The summed E-state index contributed by atoms with van der Waals surface area (Å²) in [6.07, 6.45) is 0.902. The molecule has 0 spiro atoms. The Bertz CT molecular complexity index is 310. The molecular weight excluding hydrogens is 171 g/mol. The van der Waals surface area contributed by atoms with Crippen LogP contribution in [0.2, 0.25) is 0 Å². The van der Waals surface area contributed by atoms with Gasteiger partial charge in [-0.15, -0.1) is 0 Å². The second-order valence-corrected chi connectivity index (χ2v) is 2.69. The summed E-state index contributed by atoms with van der Waals surface area (Å²) in [7, 11) is 1.39. The molecule has 0 heterocycles. The summed E-state index contributed by atoms with van der Waals surface area (Å²) in [5.41, 5.74) is 0.954. The zero-order chi connectivity index (χ0) is 9.84. The van der Waals surface area contributed by atoms with Crippen LogP contribution in [0, 0.1) is 12.7 Å². The van der Waals surface area contributed by atoms with Crippen LogP contribution in [0.1, 0.15) is 17.2 Å². The van der Waals surface area contributed by atoms with Gasteiger partial charge >= 0.3 is 0 Å². The van der Waals surface area contributed by atoms with Gasteiger partial charge in [0.15, 0.2) is 0 Å². The lowest BCUT2D eigenvalue weighted by Gasteiger charge is -2.10. The molecule has 0 aliphatic heterocycles. The number of carbonyl (C=O) groups excluding carboxylic acids is 1. The van der Waals surface area contributed by atoms with E-state index in [0.717, 1.165) is 0 Å². The summed E-state index contributed by atoms with van der Waals surface area (Å²) in [6.45, 7) is 1.61. The Morgan fingerprint density at radius 2 is 2.23 bits per heavy atom. The predicted octanol–water partition coefficient (Wildman–Crippen LogP) is 1.93. The summed E-state index contributed by atoms with van der Waals surface area (Å²) in [6, 6.07) is 4.54. The summed E-state index contributed by atoms with van der Waals surface area (Å²) in [5, 5.41) is 0. The van der Waals surface area contributed by atoms with Gasteiger partial charge in [-0.2, -0.15) is 0 Å². The van der Waals surface area contributed by atoms with E-state index < -0.39 is 6.10 Å². The van der Waals surface area contributed by atoms with E-state index in [4.69, 9.17) is 4.74 Å². The topological polar surface area (TPSA) is 26.3 Å². The molecule has 1 aromatic carbocycles. The van der Waals surface area contributed by atoms with Crippen molar-refractivity contribution in [1.29, 1.82) is 0 Å². The molecular formula is C10H10FO2. The molecule has 1 radical (unpaired) electrons. The van der Waals surface area contributed by atoms with Gasteiger partial charge in [0, 0.05) is 7.11 Å². The van der Waals surface area contributed by atoms with Crippen molar-refractivity contribution in [3.63, 3.8) is 0 Å². The highest BCUT2D eigenvalue weighted by molar-refractivity contribution is 5.61. The fourth-order valence-corrected chi connectivity index (χ4v) is 1.15. The Hall–Kier alpha value is -1.22. The van der Waals surface area contributed by atoms with Crippen molar-refractivity contribution in [3.8, 4) is 0 Å². The maximum Gasteiger partial charge on any atom is 0.234 e. The minimum Gasteiger partial charge on any atom is -0.368 e. The normalized spacial score (nSPS) is 12.5. The third-order valence-corrected chi connectivity index (χ3v) is 1.93. The molecule has 1 unspecified atom stereocenters. The molecule has 0 N–H and O–H groups in total. The molecule has 0 fully saturated rings. The number of hydrogen-bond acceptors (Lipinski definition) is 2. The molecule has 13 heavy (non-hydrogen) atoms. The summed E-state index contributed by atoms with van der Waals surface area (Å²) >= 11 is 0. The summed E-state index contributed by atoms with van der Waals surface area (Å²) in [5.74, 6) is -0.338. The van der Waals surface area contributed by atoms with Gasteiger partial charge < -0.3 is 4.74 Å². The minimum absolute atomic E-state index is 0.338. The zero-order valence-electron chi connectivity index (χ0n) is 7.50. The molecule has 1 atom stereocenters. The van der Waals surface area contributed by atoms with Crippen LogP contribution in [-0.4, -0.2) is 13.4 Å². The van der Waals surface area contributed by atoms with Crippen LogP contribution >= 0.6 is 0 Å². The van der Waals surface area contributed by atoms with Gasteiger partial charge in [-0.1, -0.05) is 12.1 Å². The molecule has 0 saturated carbocycles. The molecule has 3 heteroatoms. The highest BCUT2D eigenvalue weighted by atomic mass is 19.1. The van der Waals surface area contributed by atoms with Gasteiger partial charge in [0.25, 0.3) is 0 Å². The highest BCUT2D eigenvalue weighted by Gasteiger charge is 2.14. The van der Waals surface area contributed by atoms with Gasteiger partial charge in [0.1, 0.15) is 11.9 Å². The van der Waals surface area contributed by atoms with Crippen molar-refractivity contribution < 1.29 is 13.9 Å². The Balaban J connectivity index is 3.13. The average Bonchev–Trinajstić information content (AvgIpc) is 2.14. The van der Waals surface area contributed by atoms with E-state index in [1.165, 1.54) is 13.2 Å². The molecule has 2 nitrogen and oxygen atoms in total. The Labute approximate surface area is 76.3 Å². The number of hydrogen-bond donors (Lipinski definition) is 0. The van der Waals surface area contributed by atoms with E-state index in [0.29, 0.717) is 11.1 Å². The summed E-state index contributed by atoms with van der Waals surface area (Å²) < 4.78 is 17.9. The van der Waals surface area contributed by atoms with Crippen molar-refractivity contribution in [3.05, 3.63) is 35.1 Å². The van der Waals surface area contributed by atoms with E-state index in [1.807, 2.05) is 0 Å². The number of methoxy groups -OCH3 is 1. The molecule has 69 valence electrons. The van der Waals surface area contributed by atoms with Gasteiger partial charge in [-0.3, -0.25) is 4.79 Å². The number of ether oxygens (including phenoxy) is 1. The lowest BCUT2D eigenvalue weighted by atomic mass is 10.0. The predicted molar refractivity (Wildman–Crippen MR) is 46.6 cm³/mol. The third-order valence-electron chi connectivity index (χ3n) is 1.93. The van der Waals surface area contributed by atoms with Crippen LogP contribution in [0.4, 0.5) is 4.39 Å². The highest BCUT2D eigenvalue weighted by Crippen LogP contribution is 2.20. The van der Waals surface area contributed by atoms with Crippen molar-refractivity contribution in [2.75, 3.05) is 7.11 Å². The van der Waals surface area contributed by atoms with E-state index in [2.05, 4.69) is 0 Å². The van der Waals surface area contributed by atoms with Crippen LogP contribution in [-0.2, 0) is 9.53 Å². The van der Waals surface area contributed by atoms with Crippen molar-refractivity contribution >= 4 is 6.29 Å². The number of rotatable bonds is 3. The number of benzene rings is 1. The first-order chi connectivity index (χ1) is 6.20. The first kappa shape index (κ1) is 9.86. The molecule has 0 amide bonds. The fraction of sp³-hybridized carbons (Fsp3) is 0.300. The molecule has 0 aromatic heterocycles. The summed E-state index contributed by atoms with van der Waals surface area (Å²) in [4.78, 5) is 10.4. The van der Waals surface area contributed by atoms with Gasteiger partial charge in [-0.25, -0.2) is 4.39 Å². The van der Waals surface area contributed by atoms with Gasteiger partial charge in [0.05, 0.1) is 0 Å². The molecule has 0 aliphatic rings. The Kier molecular flexibility index (Phi) is 3.14. The zero-order valence-corrected chi connectivity index (χ0v) is 7.50. The first-order valence-corrected chi connectivity index (χ1v) is 3.86. The van der Waals surface area contributed by atoms with Gasteiger partial charge in [-0.05, 0) is 24.1 Å². The van der Waals surface area contributed by atoms with Gasteiger partial charge in [0.2, 0.25) is 6.29 Å².